The van der Waals surface area contributed by atoms with Crippen LogP contribution in [0, 0.1) is 12.7 Å². The smallest absolute Gasteiger partial charge is 0.387 e. The highest BCUT2D eigenvalue weighted by atomic mass is 19.3. The van der Waals surface area contributed by atoms with Gasteiger partial charge >= 0.3 is 6.61 Å². The number of hydrogen-bond acceptors (Lipinski definition) is 3. The van der Waals surface area contributed by atoms with E-state index in [1.165, 1.54) is 12.1 Å². The van der Waals surface area contributed by atoms with Gasteiger partial charge in [0.05, 0.1) is 5.69 Å². The molecule has 1 N–H and O–H groups in total. The first kappa shape index (κ1) is 16.3. The molecule has 0 aliphatic rings. The number of halogens is 3. The topological polar surface area (TPSA) is 38.6 Å². The second-order valence-corrected chi connectivity index (χ2v) is 5.37. The zero-order valence-corrected chi connectivity index (χ0v) is 13.0. The molecule has 0 fully saturated rings. The number of alkyl halides is 2. The Hall–Kier alpha value is -2.54. The maximum atomic E-state index is 13.6. The Morgan fingerprint density at radius 3 is 2.75 bits per heavy atom. The van der Waals surface area contributed by atoms with Crippen molar-refractivity contribution in [2.75, 3.05) is 0 Å². The molecule has 3 aromatic rings. The average Bonchev–Trinajstić information content (AvgIpc) is 2.94. The summed E-state index contributed by atoms with van der Waals surface area (Å²) in [4.78, 5) is 4.49. The van der Waals surface area contributed by atoms with E-state index in [0.717, 1.165) is 17.0 Å². The third-order valence-corrected chi connectivity index (χ3v) is 3.59. The summed E-state index contributed by atoms with van der Waals surface area (Å²) in [7, 11) is 0. The summed E-state index contributed by atoms with van der Waals surface area (Å²) in [6.45, 7) is -0.143. The quantitative estimate of drug-likeness (QED) is 0.747. The van der Waals surface area contributed by atoms with Crippen LogP contribution >= 0.6 is 0 Å². The molecule has 0 atom stereocenters. The Morgan fingerprint density at radius 2 is 2.04 bits per heavy atom. The number of hydrogen-bond donors (Lipinski definition) is 1. The fourth-order valence-corrected chi connectivity index (χ4v) is 2.46. The van der Waals surface area contributed by atoms with Crippen LogP contribution in [0.1, 0.15) is 17.0 Å². The monoisotopic (exact) mass is 335 g/mol. The van der Waals surface area contributed by atoms with E-state index in [-0.39, 0.29) is 0 Å². The molecule has 0 spiro atoms. The molecular weight excluding hydrogens is 319 g/mol. The Morgan fingerprint density at radius 1 is 1.21 bits per heavy atom. The van der Waals surface area contributed by atoms with Gasteiger partial charge < -0.3 is 14.5 Å². The van der Waals surface area contributed by atoms with E-state index < -0.39 is 18.2 Å². The normalized spacial score (nSPS) is 11.4. The van der Waals surface area contributed by atoms with Gasteiger partial charge in [-0.3, -0.25) is 0 Å². The second-order valence-electron chi connectivity index (χ2n) is 5.37. The van der Waals surface area contributed by atoms with Gasteiger partial charge in [-0.2, -0.15) is 8.78 Å². The van der Waals surface area contributed by atoms with Crippen molar-refractivity contribution in [3.05, 3.63) is 65.4 Å². The van der Waals surface area contributed by atoms with Gasteiger partial charge in [0, 0.05) is 25.0 Å². The van der Waals surface area contributed by atoms with Crippen molar-refractivity contribution in [1.82, 2.24) is 14.7 Å². The minimum Gasteiger partial charge on any atom is -0.432 e. The zero-order valence-electron chi connectivity index (χ0n) is 13.0. The Kier molecular flexibility index (Phi) is 4.71. The summed E-state index contributed by atoms with van der Waals surface area (Å²) in [5, 5.41) is 3.15. The van der Waals surface area contributed by atoms with Crippen molar-refractivity contribution in [3.8, 4) is 5.75 Å². The van der Waals surface area contributed by atoms with Crippen LogP contribution in [0.15, 0.2) is 42.6 Å². The van der Waals surface area contributed by atoms with E-state index in [4.69, 9.17) is 0 Å². The minimum absolute atomic E-state index is 0.388. The van der Waals surface area contributed by atoms with Gasteiger partial charge in [-0.1, -0.05) is 12.1 Å². The van der Waals surface area contributed by atoms with E-state index >= 15 is 0 Å². The third-order valence-electron chi connectivity index (χ3n) is 3.59. The summed E-state index contributed by atoms with van der Waals surface area (Å²) in [5.74, 6) is -1.26. The first-order valence-corrected chi connectivity index (χ1v) is 7.40. The molecule has 3 rings (SSSR count). The number of fused-ring (bicyclic) bond motifs is 1. The average molecular weight is 335 g/mol. The summed E-state index contributed by atoms with van der Waals surface area (Å²) in [6, 6.07) is 9.79. The van der Waals surface area contributed by atoms with Crippen LogP contribution in [0.3, 0.4) is 0 Å². The number of benzene rings is 1. The number of imidazole rings is 1. The first-order chi connectivity index (χ1) is 11.5. The number of aromatic nitrogens is 2. The predicted octanol–water partition coefficient (Wildman–Crippen LogP) is 3.67. The Balaban J connectivity index is 1.61. The van der Waals surface area contributed by atoms with Gasteiger partial charge in [0.1, 0.15) is 5.65 Å². The van der Waals surface area contributed by atoms with Crippen molar-refractivity contribution >= 4 is 5.65 Å². The lowest BCUT2D eigenvalue weighted by molar-refractivity contribution is -0.0522. The SMILES string of the molecule is Cc1cccc2nc(CNCc3ccc(OC(F)F)c(F)c3)cn12. The highest BCUT2D eigenvalue weighted by molar-refractivity contribution is 5.41. The van der Waals surface area contributed by atoms with E-state index in [0.29, 0.717) is 18.7 Å². The lowest BCUT2D eigenvalue weighted by Gasteiger charge is -2.08. The summed E-state index contributed by atoms with van der Waals surface area (Å²) in [6.07, 6.45) is 1.94. The van der Waals surface area contributed by atoms with E-state index in [1.807, 2.05) is 35.7 Å². The van der Waals surface area contributed by atoms with Crippen LogP contribution in [0.5, 0.6) is 5.75 Å². The van der Waals surface area contributed by atoms with E-state index in [2.05, 4.69) is 15.0 Å². The number of rotatable bonds is 6. The van der Waals surface area contributed by atoms with Crippen molar-refractivity contribution < 1.29 is 17.9 Å². The van der Waals surface area contributed by atoms with E-state index in [9.17, 15) is 13.2 Å². The number of aryl methyl sites for hydroxylation is 1. The molecule has 126 valence electrons. The fraction of sp³-hybridized carbons (Fsp3) is 0.235. The molecule has 0 radical (unpaired) electrons. The molecule has 2 aromatic heterocycles. The largest absolute Gasteiger partial charge is 0.432 e. The van der Waals surface area contributed by atoms with Gasteiger partial charge in [0.2, 0.25) is 0 Å². The van der Waals surface area contributed by atoms with Crippen LogP contribution in [-0.2, 0) is 13.1 Å². The number of ether oxygens (including phenoxy) is 1. The molecule has 0 saturated carbocycles. The molecular formula is C17H16F3N3O. The number of nitrogens with one attached hydrogen (secondary N) is 1. The Bertz CT molecular complexity index is 848. The van der Waals surface area contributed by atoms with Gasteiger partial charge in [0.25, 0.3) is 0 Å². The molecule has 1 aromatic carbocycles. The van der Waals surface area contributed by atoms with Gasteiger partial charge in [0.15, 0.2) is 11.6 Å². The highest BCUT2D eigenvalue weighted by Gasteiger charge is 2.10. The lowest BCUT2D eigenvalue weighted by atomic mass is 10.2. The molecule has 0 saturated heterocycles. The van der Waals surface area contributed by atoms with Crippen molar-refractivity contribution in [2.45, 2.75) is 26.6 Å². The molecule has 24 heavy (non-hydrogen) atoms. The second kappa shape index (κ2) is 6.92. The molecule has 0 aliphatic carbocycles. The van der Waals surface area contributed by atoms with Crippen LogP contribution in [0.4, 0.5) is 13.2 Å². The molecule has 0 unspecified atom stereocenters. The lowest BCUT2D eigenvalue weighted by Crippen LogP contribution is -2.13. The minimum atomic E-state index is -3.04. The maximum Gasteiger partial charge on any atom is 0.387 e. The van der Waals surface area contributed by atoms with Gasteiger partial charge in [-0.25, -0.2) is 9.37 Å². The molecule has 0 amide bonds. The van der Waals surface area contributed by atoms with Crippen LogP contribution in [0.25, 0.3) is 5.65 Å². The molecule has 0 bridgehead atoms. The molecule has 2 heterocycles. The van der Waals surface area contributed by atoms with Crippen LogP contribution in [-0.4, -0.2) is 16.0 Å². The fourth-order valence-electron chi connectivity index (χ4n) is 2.46. The summed E-state index contributed by atoms with van der Waals surface area (Å²) in [5.41, 5.74) is 3.45. The molecule has 0 aliphatic heterocycles. The van der Waals surface area contributed by atoms with Crippen molar-refractivity contribution in [3.63, 3.8) is 0 Å². The summed E-state index contributed by atoms with van der Waals surface area (Å²) >= 11 is 0. The highest BCUT2D eigenvalue weighted by Crippen LogP contribution is 2.20. The van der Waals surface area contributed by atoms with Gasteiger partial charge in [-0.05, 0) is 36.8 Å². The summed E-state index contributed by atoms with van der Waals surface area (Å²) < 4.78 is 43.9. The third kappa shape index (κ3) is 3.68. The molecule has 4 nitrogen and oxygen atoms in total. The van der Waals surface area contributed by atoms with E-state index in [1.54, 1.807) is 6.07 Å². The first-order valence-electron chi connectivity index (χ1n) is 7.40. The van der Waals surface area contributed by atoms with Crippen LogP contribution in [0.2, 0.25) is 0 Å². The van der Waals surface area contributed by atoms with Crippen molar-refractivity contribution in [1.29, 1.82) is 0 Å². The standard InChI is InChI=1S/C17H16F3N3O/c1-11-3-2-4-16-22-13(10-23(11)16)9-21-8-12-5-6-15(14(18)7-12)24-17(19)20/h2-7,10,17,21H,8-9H2,1H3. The maximum absolute atomic E-state index is 13.6. The number of nitrogens with zero attached hydrogens (tertiary/aromatic N) is 2. The van der Waals surface area contributed by atoms with Crippen LogP contribution < -0.4 is 10.1 Å². The number of pyridine rings is 1. The zero-order chi connectivity index (χ0) is 17.1. The predicted molar refractivity (Wildman–Crippen MR) is 83.5 cm³/mol. The van der Waals surface area contributed by atoms with Gasteiger partial charge in [-0.15, -0.1) is 0 Å². The molecule has 7 heteroatoms. The Labute approximate surface area is 136 Å². The van der Waals surface area contributed by atoms with Crippen molar-refractivity contribution in [2.24, 2.45) is 0 Å².